The predicted molar refractivity (Wildman–Crippen MR) is 108 cm³/mol. The van der Waals surface area contributed by atoms with E-state index in [4.69, 9.17) is 4.74 Å². The average molecular weight is 376 g/mol. The van der Waals surface area contributed by atoms with Gasteiger partial charge in [0.05, 0.1) is 16.2 Å². The van der Waals surface area contributed by atoms with Crippen LogP contribution < -0.4 is 10.1 Å². The van der Waals surface area contributed by atoms with Crippen LogP contribution in [0, 0.1) is 17.0 Å². The van der Waals surface area contributed by atoms with Gasteiger partial charge in [-0.2, -0.15) is 0 Å². The highest BCUT2D eigenvalue weighted by molar-refractivity contribution is 5.95. The minimum atomic E-state index is -0.763. The van der Waals surface area contributed by atoms with Gasteiger partial charge in [-0.25, -0.2) is 0 Å². The molecule has 1 atom stereocenters. The summed E-state index contributed by atoms with van der Waals surface area (Å²) in [5.74, 6) is 0.189. The molecule has 0 saturated carbocycles. The highest BCUT2D eigenvalue weighted by Crippen LogP contribution is 2.26. The fraction of sp³-hybridized carbons (Fsp3) is 0.136. The molecule has 0 heterocycles. The molecule has 0 aliphatic heterocycles. The van der Waals surface area contributed by atoms with Gasteiger partial charge in [0.25, 0.3) is 11.6 Å². The Labute approximate surface area is 162 Å². The number of nitrogens with zero attached hydrogens (tertiary/aromatic N) is 1. The second-order valence-electron chi connectivity index (χ2n) is 6.35. The molecule has 0 radical (unpaired) electrons. The second-order valence-corrected chi connectivity index (χ2v) is 6.35. The van der Waals surface area contributed by atoms with Gasteiger partial charge >= 0.3 is 0 Å². The lowest BCUT2D eigenvalue weighted by molar-refractivity contribution is -0.385. The maximum absolute atomic E-state index is 12.4. The standard InChI is InChI=1S/C22H20N2O4/c1-15-20(9-6-10-21(15)24(26)27)23-22(25)16(2)28-19-13-11-18(12-14-19)17-7-4-3-5-8-17/h3-14,16H,1-2H3,(H,23,25). The van der Waals surface area contributed by atoms with Crippen LogP contribution in [0.4, 0.5) is 11.4 Å². The van der Waals surface area contributed by atoms with Gasteiger partial charge in [-0.05, 0) is 43.2 Å². The van der Waals surface area contributed by atoms with Gasteiger partial charge < -0.3 is 10.1 Å². The van der Waals surface area contributed by atoms with Crippen molar-refractivity contribution >= 4 is 17.3 Å². The molecule has 3 aromatic rings. The number of nitrogens with one attached hydrogen (secondary N) is 1. The first kappa shape index (κ1) is 19.1. The zero-order valence-electron chi connectivity index (χ0n) is 15.6. The molecule has 3 aromatic carbocycles. The maximum Gasteiger partial charge on any atom is 0.274 e. The summed E-state index contributed by atoms with van der Waals surface area (Å²) in [4.78, 5) is 23.0. The fourth-order valence-electron chi connectivity index (χ4n) is 2.81. The van der Waals surface area contributed by atoms with Gasteiger partial charge in [0, 0.05) is 6.07 Å². The minimum Gasteiger partial charge on any atom is -0.481 e. The zero-order valence-corrected chi connectivity index (χ0v) is 15.6. The van der Waals surface area contributed by atoms with Crippen LogP contribution in [-0.4, -0.2) is 16.9 Å². The molecule has 0 saturated heterocycles. The van der Waals surface area contributed by atoms with Crippen molar-refractivity contribution in [3.8, 4) is 16.9 Å². The number of hydrogen-bond donors (Lipinski definition) is 1. The van der Waals surface area contributed by atoms with E-state index in [9.17, 15) is 14.9 Å². The number of ether oxygens (including phenoxy) is 1. The number of hydrogen-bond acceptors (Lipinski definition) is 4. The normalized spacial score (nSPS) is 11.5. The SMILES string of the molecule is Cc1c(NC(=O)C(C)Oc2ccc(-c3ccccc3)cc2)cccc1[N+](=O)[O-]. The van der Waals surface area contributed by atoms with E-state index in [1.807, 2.05) is 54.6 Å². The van der Waals surface area contributed by atoms with Crippen LogP contribution in [0.2, 0.25) is 0 Å². The quantitative estimate of drug-likeness (QED) is 0.486. The van der Waals surface area contributed by atoms with Crippen LogP contribution in [0.5, 0.6) is 5.75 Å². The highest BCUT2D eigenvalue weighted by atomic mass is 16.6. The Hall–Kier alpha value is -3.67. The molecule has 1 unspecified atom stereocenters. The number of carbonyl (C=O) groups is 1. The molecule has 1 N–H and O–H groups in total. The van der Waals surface area contributed by atoms with Gasteiger partial charge in [0.1, 0.15) is 5.75 Å². The lowest BCUT2D eigenvalue weighted by atomic mass is 10.1. The van der Waals surface area contributed by atoms with E-state index < -0.39 is 11.0 Å². The molecule has 0 aliphatic carbocycles. The largest absolute Gasteiger partial charge is 0.481 e. The number of nitro groups is 1. The van der Waals surface area contributed by atoms with Crippen LogP contribution in [-0.2, 0) is 4.79 Å². The summed E-state index contributed by atoms with van der Waals surface area (Å²) in [5.41, 5.74) is 2.91. The van der Waals surface area contributed by atoms with E-state index in [-0.39, 0.29) is 11.6 Å². The summed E-state index contributed by atoms with van der Waals surface area (Å²) in [5, 5.41) is 13.7. The number of anilines is 1. The molecular formula is C22H20N2O4. The van der Waals surface area contributed by atoms with Crippen LogP contribution in [0.3, 0.4) is 0 Å². The van der Waals surface area contributed by atoms with E-state index in [0.29, 0.717) is 17.0 Å². The fourth-order valence-corrected chi connectivity index (χ4v) is 2.81. The van der Waals surface area contributed by atoms with E-state index in [1.54, 1.807) is 19.9 Å². The van der Waals surface area contributed by atoms with Gasteiger partial charge in [-0.15, -0.1) is 0 Å². The summed E-state index contributed by atoms with van der Waals surface area (Å²) < 4.78 is 5.71. The monoisotopic (exact) mass is 376 g/mol. The average Bonchev–Trinajstić information content (AvgIpc) is 2.70. The molecule has 0 bridgehead atoms. The predicted octanol–water partition coefficient (Wildman–Crippen LogP) is 4.98. The van der Waals surface area contributed by atoms with Crippen molar-refractivity contribution in [2.75, 3.05) is 5.32 Å². The molecule has 0 aliphatic rings. The van der Waals surface area contributed by atoms with Gasteiger partial charge in [-0.3, -0.25) is 14.9 Å². The van der Waals surface area contributed by atoms with Gasteiger partial charge in [0.2, 0.25) is 0 Å². The molecule has 3 rings (SSSR count). The molecule has 0 fully saturated rings. The van der Waals surface area contributed by atoms with E-state index >= 15 is 0 Å². The maximum atomic E-state index is 12.4. The second kappa shape index (κ2) is 8.35. The van der Waals surface area contributed by atoms with Crippen molar-refractivity contribution in [3.05, 3.63) is 88.5 Å². The first-order valence-electron chi connectivity index (χ1n) is 8.82. The smallest absolute Gasteiger partial charge is 0.274 e. The highest BCUT2D eigenvalue weighted by Gasteiger charge is 2.19. The molecule has 142 valence electrons. The summed E-state index contributed by atoms with van der Waals surface area (Å²) in [6.07, 6.45) is -0.763. The van der Waals surface area contributed by atoms with Crippen molar-refractivity contribution in [1.29, 1.82) is 0 Å². The van der Waals surface area contributed by atoms with Crippen LogP contribution in [0.25, 0.3) is 11.1 Å². The molecule has 28 heavy (non-hydrogen) atoms. The Balaban J connectivity index is 1.66. The first-order valence-corrected chi connectivity index (χ1v) is 8.82. The van der Waals surface area contributed by atoms with E-state index in [1.165, 1.54) is 12.1 Å². The van der Waals surface area contributed by atoms with E-state index in [2.05, 4.69) is 5.32 Å². The Morgan fingerprint density at radius 1 is 0.964 bits per heavy atom. The topological polar surface area (TPSA) is 81.5 Å². The number of carbonyl (C=O) groups excluding carboxylic acids is 1. The summed E-state index contributed by atoms with van der Waals surface area (Å²) in [6.45, 7) is 3.23. The third-order valence-electron chi connectivity index (χ3n) is 4.40. The Bertz CT molecular complexity index is 985. The van der Waals surface area contributed by atoms with Crippen molar-refractivity contribution in [1.82, 2.24) is 0 Å². The van der Waals surface area contributed by atoms with Crippen molar-refractivity contribution in [2.45, 2.75) is 20.0 Å². The molecule has 0 spiro atoms. The van der Waals surface area contributed by atoms with Crippen LogP contribution in [0.15, 0.2) is 72.8 Å². The Kier molecular flexibility index (Phi) is 5.69. The number of amides is 1. The summed E-state index contributed by atoms with van der Waals surface area (Å²) in [6, 6.07) is 22.0. The number of benzene rings is 3. The zero-order chi connectivity index (χ0) is 20.1. The molecule has 6 heteroatoms. The molecular weight excluding hydrogens is 356 g/mol. The number of nitro benzene ring substituents is 1. The summed E-state index contributed by atoms with van der Waals surface area (Å²) in [7, 11) is 0. The molecule has 6 nitrogen and oxygen atoms in total. The first-order chi connectivity index (χ1) is 13.5. The molecule has 0 aromatic heterocycles. The number of rotatable bonds is 6. The third kappa shape index (κ3) is 4.35. The molecule has 1 amide bonds. The lowest BCUT2D eigenvalue weighted by Gasteiger charge is -2.16. The van der Waals surface area contributed by atoms with Crippen molar-refractivity contribution in [3.63, 3.8) is 0 Å². The van der Waals surface area contributed by atoms with Gasteiger partial charge in [-0.1, -0.05) is 48.5 Å². The Morgan fingerprint density at radius 3 is 2.25 bits per heavy atom. The van der Waals surface area contributed by atoms with Crippen molar-refractivity contribution < 1.29 is 14.5 Å². The lowest BCUT2D eigenvalue weighted by Crippen LogP contribution is -2.30. The van der Waals surface area contributed by atoms with Crippen molar-refractivity contribution in [2.24, 2.45) is 0 Å². The minimum absolute atomic E-state index is 0.0390. The third-order valence-corrected chi connectivity index (χ3v) is 4.40. The van der Waals surface area contributed by atoms with E-state index in [0.717, 1.165) is 11.1 Å². The van der Waals surface area contributed by atoms with Gasteiger partial charge in [0.15, 0.2) is 6.10 Å². The van der Waals surface area contributed by atoms with Crippen LogP contribution >= 0.6 is 0 Å². The van der Waals surface area contributed by atoms with Crippen LogP contribution in [0.1, 0.15) is 12.5 Å². The summed E-state index contributed by atoms with van der Waals surface area (Å²) >= 11 is 0. The Morgan fingerprint density at radius 2 is 1.61 bits per heavy atom.